The fraction of sp³-hybridized carbons (Fsp3) is 0.0952. The van der Waals surface area contributed by atoms with E-state index in [4.69, 9.17) is 28.9 Å². The summed E-state index contributed by atoms with van der Waals surface area (Å²) in [5.41, 5.74) is 9.30. The Morgan fingerprint density at radius 3 is 2.67 bits per heavy atom. The van der Waals surface area contributed by atoms with E-state index in [2.05, 4.69) is 45.4 Å². The molecule has 2 aromatic carbocycles. The number of hydrogen-bond donors (Lipinski definition) is 4. The first-order valence-electron chi connectivity index (χ1n) is 9.04. The molecule has 0 saturated carbocycles. The van der Waals surface area contributed by atoms with Gasteiger partial charge in [0.05, 0.1) is 16.6 Å². The smallest absolute Gasteiger partial charge is 0.337 e. The Morgan fingerprint density at radius 2 is 1.90 bits per heavy atom. The molecular formula is C21H17ClN4O2S2. The highest BCUT2D eigenvalue weighted by Gasteiger charge is 2.24. The molecule has 0 spiro atoms. The lowest BCUT2D eigenvalue weighted by molar-refractivity contribution is 0.0696. The predicted molar refractivity (Wildman–Crippen MR) is 123 cm³/mol. The van der Waals surface area contributed by atoms with Crippen LogP contribution in [0.3, 0.4) is 0 Å². The third-order valence-electron chi connectivity index (χ3n) is 4.64. The van der Waals surface area contributed by atoms with Crippen LogP contribution in [0.25, 0.3) is 0 Å². The van der Waals surface area contributed by atoms with Crippen molar-refractivity contribution in [2.24, 2.45) is 0 Å². The molecule has 1 aliphatic heterocycles. The maximum Gasteiger partial charge on any atom is 0.337 e. The molecule has 152 valence electrons. The van der Waals surface area contributed by atoms with Crippen LogP contribution in [0.4, 0.5) is 5.82 Å². The lowest BCUT2D eigenvalue weighted by Gasteiger charge is -2.23. The monoisotopic (exact) mass is 456 g/mol. The van der Waals surface area contributed by atoms with Gasteiger partial charge >= 0.3 is 5.97 Å². The molecule has 1 aliphatic rings. The Hall–Kier alpha value is -2.81. The number of fused-ring (bicyclic) bond motifs is 2. The zero-order valence-electron chi connectivity index (χ0n) is 15.6. The van der Waals surface area contributed by atoms with Gasteiger partial charge in [-0.2, -0.15) is 0 Å². The van der Waals surface area contributed by atoms with E-state index >= 15 is 0 Å². The number of thioether (sulfide) groups is 1. The van der Waals surface area contributed by atoms with Crippen molar-refractivity contribution in [1.29, 1.82) is 0 Å². The SMILES string of the molecule is O=C(O)c1cnc(NNC(=S)NC2c3ccccc3CSc3ccccc32)c(Cl)c1. The number of pyridine rings is 1. The number of carboxylic acid groups (broad SMARTS) is 1. The van der Waals surface area contributed by atoms with Crippen LogP contribution < -0.4 is 16.2 Å². The molecule has 2 heterocycles. The highest BCUT2D eigenvalue weighted by Crippen LogP contribution is 2.39. The molecule has 1 unspecified atom stereocenters. The van der Waals surface area contributed by atoms with E-state index in [0.29, 0.717) is 5.11 Å². The van der Waals surface area contributed by atoms with Gasteiger partial charge in [0.25, 0.3) is 0 Å². The largest absolute Gasteiger partial charge is 0.478 e. The minimum atomic E-state index is -1.09. The quantitative estimate of drug-likeness (QED) is 0.334. The predicted octanol–water partition coefficient (Wildman–Crippen LogP) is 4.62. The second kappa shape index (κ2) is 8.91. The molecule has 3 aromatic rings. The van der Waals surface area contributed by atoms with Crippen molar-refractivity contribution in [3.63, 3.8) is 0 Å². The van der Waals surface area contributed by atoms with Crippen LogP contribution in [0.15, 0.2) is 65.7 Å². The minimum absolute atomic E-state index is 0.00965. The Balaban J connectivity index is 1.53. The standard InChI is InChI=1S/C21H17ClN4O2S2/c22-16-9-13(20(27)28)10-23-19(16)25-26-21(29)24-18-14-6-2-1-5-12(14)11-30-17-8-4-3-7-15(17)18/h1-10,18H,11H2,(H,23,25)(H,27,28)(H2,24,26,29). The molecule has 0 bridgehead atoms. The lowest BCUT2D eigenvalue weighted by atomic mass is 9.95. The minimum Gasteiger partial charge on any atom is -0.478 e. The van der Waals surface area contributed by atoms with Crippen molar-refractivity contribution in [1.82, 2.24) is 15.7 Å². The summed E-state index contributed by atoms with van der Waals surface area (Å²) in [6.07, 6.45) is 1.23. The average molecular weight is 457 g/mol. The van der Waals surface area contributed by atoms with E-state index in [0.717, 1.165) is 11.3 Å². The molecule has 1 aromatic heterocycles. The molecule has 4 N–H and O–H groups in total. The van der Waals surface area contributed by atoms with E-state index in [1.807, 2.05) is 24.3 Å². The Labute approximate surface area is 188 Å². The maximum absolute atomic E-state index is 11.0. The average Bonchev–Trinajstić information content (AvgIpc) is 2.90. The van der Waals surface area contributed by atoms with Crippen LogP contribution in [0, 0.1) is 0 Å². The van der Waals surface area contributed by atoms with Crippen molar-refractivity contribution < 1.29 is 9.90 Å². The fourth-order valence-corrected chi connectivity index (χ4v) is 4.69. The van der Waals surface area contributed by atoms with Crippen LogP contribution >= 0.6 is 35.6 Å². The third-order valence-corrected chi connectivity index (χ3v) is 6.28. The van der Waals surface area contributed by atoms with Crippen LogP contribution in [0.5, 0.6) is 0 Å². The number of thiocarbonyl (C=S) groups is 1. The van der Waals surface area contributed by atoms with E-state index < -0.39 is 5.97 Å². The van der Waals surface area contributed by atoms with Crippen molar-refractivity contribution in [3.8, 4) is 0 Å². The summed E-state index contributed by atoms with van der Waals surface area (Å²) in [6, 6.07) is 17.8. The molecule has 30 heavy (non-hydrogen) atoms. The molecule has 4 rings (SSSR count). The van der Waals surface area contributed by atoms with Gasteiger partial charge in [0.15, 0.2) is 10.9 Å². The number of halogens is 1. The molecule has 0 saturated heterocycles. The number of nitrogens with zero attached hydrogens (tertiary/aromatic N) is 1. The van der Waals surface area contributed by atoms with Gasteiger partial charge in [-0.3, -0.25) is 10.9 Å². The van der Waals surface area contributed by atoms with Crippen molar-refractivity contribution in [3.05, 3.63) is 88.1 Å². The van der Waals surface area contributed by atoms with Gasteiger partial charge in [0, 0.05) is 16.8 Å². The summed E-state index contributed by atoms with van der Waals surface area (Å²) < 4.78 is 0. The molecule has 6 nitrogen and oxygen atoms in total. The molecule has 9 heteroatoms. The number of anilines is 1. The second-order valence-electron chi connectivity index (χ2n) is 6.54. The number of benzene rings is 2. The second-order valence-corrected chi connectivity index (χ2v) is 8.37. The van der Waals surface area contributed by atoms with E-state index in [1.165, 1.54) is 28.3 Å². The summed E-state index contributed by atoms with van der Waals surface area (Å²) in [5, 5.41) is 12.9. The number of rotatable bonds is 4. The first-order chi connectivity index (χ1) is 14.5. The van der Waals surface area contributed by atoms with Gasteiger partial charge in [-0.15, -0.1) is 11.8 Å². The number of hydrazine groups is 1. The van der Waals surface area contributed by atoms with Crippen LogP contribution in [0.2, 0.25) is 5.02 Å². The molecule has 0 radical (unpaired) electrons. The summed E-state index contributed by atoms with van der Waals surface area (Å²) in [4.78, 5) is 16.2. The summed E-state index contributed by atoms with van der Waals surface area (Å²) in [7, 11) is 0. The van der Waals surface area contributed by atoms with Crippen LogP contribution in [-0.2, 0) is 5.75 Å². The van der Waals surface area contributed by atoms with Gasteiger partial charge < -0.3 is 10.4 Å². The molecule has 1 atom stereocenters. The molecule has 0 amide bonds. The summed E-state index contributed by atoms with van der Waals surface area (Å²) >= 11 is 13.4. The molecular weight excluding hydrogens is 440 g/mol. The zero-order chi connectivity index (χ0) is 21.1. The Kier molecular flexibility index (Phi) is 6.08. The number of carboxylic acids is 1. The van der Waals surface area contributed by atoms with Gasteiger partial charge in [-0.1, -0.05) is 54.1 Å². The van der Waals surface area contributed by atoms with Gasteiger partial charge in [-0.05, 0) is 41.0 Å². The number of hydrogen-bond acceptors (Lipinski definition) is 5. The first kappa shape index (κ1) is 20.5. The van der Waals surface area contributed by atoms with Crippen molar-refractivity contribution in [2.45, 2.75) is 16.7 Å². The first-order valence-corrected chi connectivity index (χ1v) is 10.8. The summed E-state index contributed by atoms with van der Waals surface area (Å²) in [6.45, 7) is 0. The number of nitrogens with one attached hydrogen (secondary N) is 3. The highest BCUT2D eigenvalue weighted by atomic mass is 35.5. The van der Waals surface area contributed by atoms with Gasteiger partial charge in [0.1, 0.15) is 0 Å². The topological polar surface area (TPSA) is 86.3 Å². The van der Waals surface area contributed by atoms with Gasteiger partial charge in [-0.25, -0.2) is 9.78 Å². The Morgan fingerprint density at radius 1 is 1.17 bits per heavy atom. The number of aromatic carboxylic acids is 1. The van der Waals surface area contributed by atoms with Crippen molar-refractivity contribution in [2.75, 3.05) is 5.43 Å². The molecule has 0 fully saturated rings. The van der Waals surface area contributed by atoms with E-state index in [-0.39, 0.29) is 22.4 Å². The van der Waals surface area contributed by atoms with Gasteiger partial charge in [0.2, 0.25) is 0 Å². The van der Waals surface area contributed by atoms with E-state index in [9.17, 15) is 4.79 Å². The van der Waals surface area contributed by atoms with Crippen molar-refractivity contribution >= 4 is 52.5 Å². The van der Waals surface area contributed by atoms with Crippen LogP contribution in [-0.4, -0.2) is 21.2 Å². The van der Waals surface area contributed by atoms with E-state index in [1.54, 1.807) is 11.8 Å². The lowest BCUT2D eigenvalue weighted by Crippen LogP contribution is -2.41. The number of aromatic nitrogens is 1. The van der Waals surface area contributed by atoms with Crippen LogP contribution in [0.1, 0.15) is 33.1 Å². The fourth-order valence-electron chi connectivity index (χ4n) is 3.21. The normalized spacial score (nSPS) is 14.6. The maximum atomic E-state index is 11.0. The molecule has 0 aliphatic carbocycles. The summed E-state index contributed by atoms with van der Waals surface area (Å²) in [5.74, 6) is 0.0758. The Bertz CT molecular complexity index is 1080. The highest BCUT2D eigenvalue weighted by molar-refractivity contribution is 7.98. The number of carbonyl (C=O) groups is 1. The zero-order valence-corrected chi connectivity index (χ0v) is 17.9. The third kappa shape index (κ3) is 4.35.